The van der Waals surface area contributed by atoms with E-state index in [1.54, 1.807) is 12.1 Å². The van der Waals surface area contributed by atoms with Crippen LogP contribution in [0, 0.1) is 11.3 Å². The van der Waals surface area contributed by atoms with Gasteiger partial charge in [0.2, 0.25) is 0 Å². The van der Waals surface area contributed by atoms with Crippen LogP contribution in [0.5, 0.6) is 0 Å². The fourth-order valence-corrected chi connectivity index (χ4v) is 0.824. The Labute approximate surface area is 94.4 Å². The molecule has 0 saturated carbocycles. The van der Waals surface area contributed by atoms with Gasteiger partial charge < -0.3 is 20.3 Å². The number of aliphatic hydroxyl groups excluding tert-OH is 2. The predicted molar refractivity (Wildman–Crippen MR) is 59.7 cm³/mol. The smallest absolute Gasteiger partial charge is 0.423 e. The largest absolute Gasteiger partial charge is 0.489 e. The van der Waals surface area contributed by atoms with Gasteiger partial charge in [0.25, 0.3) is 0 Å². The lowest BCUT2D eigenvalue weighted by atomic mass is 9.77. The zero-order chi connectivity index (χ0) is 12.6. The van der Waals surface area contributed by atoms with Gasteiger partial charge in [-0.05, 0) is 18.5 Å². The summed E-state index contributed by atoms with van der Waals surface area (Å²) in [6.45, 7) is 1.39. The Hall–Kier alpha value is -1.39. The van der Waals surface area contributed by atoms with Gasteiger partial charge in [0.1, 0.15) is 0 Å². The van der Waals surface area contributed by atoms with Crippen molar-refractivity contribution in [3.05, 3.63) is 29.8 Å². The lowest BCUT2D eigenvalue weighted by molar-refractivity contribution is 0.110. The summed E-state index contributed by atoms with van der Waals surface area (Å²) in [5, 5.41) is 42.0. The second-order valence-electron chi connectivity index (χ2n) is 3.10. The lowest BCUT2D eigenvalue weighted by Crippen LogP contribution is -2.31. The summed E-state index contributed by atoms with van der Waals surface area (Å²) in [5.41, 5.74) is 0.539. The first-order valence-electron chi connectivity index (χ1n) is 4.67. The van der Waals surface area contributed by atoms with Crippen LogP contribution in [-0.2, 0) is 0 Å². The normalized spacial score (nSPS) is 10.8. The quantitative estimate of drug-likeness (QED) is 0.461. The third-order valence-corrected chi connectivity index (χ3v) is 1.62. The van der Waals surface area contributed by atoms with Gasteiger partial charge in [-0.15, -0.1) is 0 Å². The highest BCUT2D eigenvalue weighted by atomic mass is 16.4. The Morgan fingerprint density at radius 1 is 1.38 bits per heavy atom. The van der Waals surface area contributed by atoms with Gasteiger partial charge in [0, 0.05) is 0 Å². The van der Waals surface area contributed by atoms with E-state index < -0.39 is 13.2 Å². The highest BCUT2D eigenvalue weighted by Crippen LogP contribution is 1.93. The fraction of sp³-hybridized carbons (Fsp3) is 0.300. The van der Waals surface area contributed by atoms with Crippen molar-refractivity contribution in [3.8, 4) is 6.07 Å². The van der Waals surface area contributed by atoms with E-state index in [0.29, 0.717) is 5.56 Å². The number of hydrogen-bond acceptors (Lipinski definition) is 5. The molecule has 1 aromatic carbocycles. The van der Waals surface area contributed by atoms with Crippen LogP contribution in [0.4, 0.5) is 0 Å². The predicted octanol–water partition coefficient (Wildman–Crippen LogP) is -1.40. The van der Waals surface area contributed by atoms with Crippen LogP contribution < -0.4 is 5.46 Å². The van der Waals surface area contributed by atoms with Gasteiger partial charge in [-0.1, -0.05) is 18.2 Å². The van der Waals surface area contributed by atoms with Crippen molar-refractivity contribution in [1.82, 2.24) is 0 Å². The molecule has 0 aliphatic rings. The average molecular weight is 223 g/mol. The number of aliphatic hydroxyl groups is 2. The molecule has 0 radical (unpaired) electrons. The van der Waals surface area contributed by atoms with Crippen molar-refractivity contribution < 1.29 is 20.3 Å². The minimum Gasteiger partial charge on any atom is -0.423 e. The van der Waals surface area contributed by atoms with Gasteiger partial charge in [0.05, 0.1) is 24.3 Å². The van der Waals surface area contributed by atoms with Crippen molar-refractivity contribution in [2.24, 2.45) is 0 Å². The summed E-state index contributed by atoms with van der Waals surface area (Å²) in [7, 11) is -1.56. The average Bonchev–Trinajstić information content (AvgIpc) is 2.29. The number of nitrogens with zero attached hydrogens (tertiary/aromatic N) is 1. The molecule has 0 fully saturated rings. The molecule has 0 spiro atoms. The Morgan fingerprint density at radius 2 is 1.88 bits per heavy atom. The summed E-state index contributed by atoms with van der Waals surface area (Å²) in [4.78, 5) is 0. The monoisotopic (exact) mass is 223 g/mol. The summed E-state index contributed by atoms with van der Waals surface area (Å²) < 4.78 is 0. The van der Waals surface area contributed by atoms with Crippen molar-refractivity contribution >= 4 is 12.6 Å². The number of nitriles is 1. The van der Waals surface area contributed by atoms with Crippen LogP contribution in [0.2, 0.25) is 0 Å². The zero-order valence-corrected chi connectivity index (χ0v) is 8.91. The standard InChI is InChI=1S/C7H6BNO2.C3H8O2/c9-5-6-3-1-2-4-7(6)8(10)11;1-3(5)2-4/h1-4,10-11H;3-5H,2H2,1H3. The Balaban J connectivity index is 0.000000385. The molecule has 6 heteroatoms. The van der Waals surface area contributed by atoms with E-state index in [4.69, 9.17) is 25.5 Å². The molecule has 1 aromatic rings. The molecule has 0 aromatic heterocycles. The number of rotatable bonds is 2. The van der Waals surface area contributed by atoms with E-state index in [1.165, 1.54) is 19.1 Å². The van der Waals surface area contributed by atoms with E-state index in [9.17, 15) is 0 Å². The first-order valence-corrected chi connectivity index (χ1v) is 4.67. The topological polar surface area (TPSA) is 105 Å². The van der Waals surface area contributed by atoms with Crippen molar-refractivity contribution in [3.63, 3.8) is 0 Å². The molecule has 86 valence electrons. The zero-order valence-electron chi connectivity index (χ0n) is 8.91. The fourth-order valence-electron chi connectivity index (χ4n) is 0.824. The minimum atomic E-state index is -1.56. The van der Waals surface area contributed by atoms with Crippen LogP contribution in [0.25, 0.3) is 0 Å². The van der Waals surface area contributed by atoms with Crippen molar-refractivity contribution in [2.45, 2.75) is 13.0 Å². The number of hydrogen-bond donors (Lipinski definition) is 4. The van der Waals surface area contributed by atoms with Gasteiger partial charge in [-0.25, -0.2) is 0 Å². The molecule has 0 amide bonds. The molecule has 16 heavy (non-hydrogen) atoms. The molecule has 0 heterocycles. The Bertz CT molecular complexity index is 349. The molecule has 0 aliphatic carbocycles. The van der Waals surface area contributed by atoms with E-state index in [0.717, 1.165) is 0 Å². The molecule has 0 saturated heterocycles. The third kappa shape index (κ3) is 5.48. The number of benzene rings is 1. The van der Waals surface area contributed by atoms with Crippen LogP contribution in [-0.4, -0.2) is 40.1 Å². The minimum absolute atomic E-state index is 0.139. The Morgan fingerprint density at radius 3 is 2.19 bits per heavy atom. The SMILES string of the molecule is CC(O)CO.N#Cc1ccccc1B(O)O. The van der Waals surface area contributed by atoms with Gasteiger partial charge >= 0.3 is 7.12 Å². The maximum atomic E-state index is 8.74. The van der Waals surface area contributed by atoms with Gasteiger partial charge in [-0.2, -0.15) is 5.26 Å². The summed E-state index contributed by atoms with van der Waals surface area (Å²) in [5.74, 6) is 0. The summed E-state index contributed by atoms with van der Waals surface area (Å²) in [6, 6.07) is 8.22. The van der Waals surface area contributed by atoms with Crippen LogP contribution in [0.15, 0.2) is 24.3 Å². The Kier molecular flexibility index (Phi) is 7.17. The lowest BCUT2D eigenvalue weighted by Gasteiger charge is -1.99. The third-order valence-electron chi connectivity index (χ3n) is 1.62. The maximum Gasteiger partial charge on any atom is 0.489 e. The van der Waals surface area contributed by atoms with E-state index in [2.05, 4.69) is 0 Å². The second-order valence-corrected chi connectivity index (χ2v) is 3.10. The first kappa shape index (κ1) is 14.6. The van der Waals surface area contributed by atoms with E-state index >= 15 is 0 Å². The van der Waals surface area contributed by atoms with Crippen LogP contribution in [0.1, 0.15) is 12.5 Å². The molecule has 5 nitrogen and oxygen atoms in total. The summed E-state index contributed by atoms with van der Waals surface area (Å²) >= 11 is 0. The molecule has 1 unspecified atom stereocenters. The second kappa shape index (κ2) is 7.85. The molecule has 1 rings (SSSR count). The summed E-state index contributed by atoms with van der Waals surface area (Å²) in [6.07, 6.45) is -0.560. The molecule has 1 atom stereocenters. The highest BCUT2D eigenvalue weighted by molar-refractivity contribution is 6.59. The van der Waals surface area contributed by atoms with Crippen LogP contribution >= 0.6 is 0 Å². The highest BCUT2D eigenvalue weighted by Gasteiger charge is 2.14. The van der Waals surface area contributed by atoms with Gasteiger partial charge in [0.15, 0.2) is 0 Å². The molecular formula is C10H14BNO4. The van der Waals surface area contributed by atoms with Crippen molar-refractivity contribution in [2.75, 3.05) is 6.61 Å². The van der Waals surface area contributed by atoms with Crippen LogP contribution in [0.3, 0.4) is 0 Å². The van der Waals surface area contributed by atoms with Crippen molar-refractivity contribution in [1.29, 1.82) is 5.26 Å². The van der Waals surface area contributed by atoms with E-state index in [1.807, 2.05) is 6.07 Å². The molecule has 4 N–H and O–H groups in total. The molecule has 0 bridgehead atoms. The molecular weight excluding hydrogens is 209 g/mol. The van der Waals surface area contributed by atoms with E-state index in [-0.39, 0.29) is 12.1 Å². The molecule has 0 aliphatic heterocycles. The first-order chi connectivity index (χ1) is 7.52. The van der Waals surface area contributed by atoms with Gasteiger partial charge in [-0.3, -0.25) is 0 Å². The maximum absolute atomic E-state index is 8.74.